The molecule has 1 heterocycles. The van der Waals surface area contributed by atoms with Crippen molar-refractivity contribution in [1.82, 2.24) is 5.06 Å². The maximum Gasteiger partial charge on any atom is 0.304 e. The minimum atomic E-state index is -1.03. The third kappa shape index (κ3) is 2.45. The molecule has 0 unspecified atom stereocenters. The molecule has 1 aromatic rings. The number of nitro groups is 1. The van der Waals surface area contributed by atoms with Crippen LogP contribution in [0.1, 0.15) is 23.2 Å². The Morgan fingerprint density at radius 2 is 2.22 bits per heavy atom. The van der Waals surface area contributed by atoms with E-state index < -0.39 is 22.3 Å². The second-order valence-electron chi connectivity index (χ2n) is 3.87. The number of nitro benzene ring substituents is 1. The van der Waals surface area contributed by atoms with E-state index in [1.807, 2.05) is 0 Å². The van der Waals surface area contributed by atoms with E-state index in [1.165, 1.54) is 6.07 Å². The van der Waals surface area contributed by atoms with Crippen LogP contribution < -0.4 is 0 Å². The van der Waals surface area contributed by atoms with Crippen molar-refractivity contribution in [3.05, 3.63) is 39.7 Å². The fourth-order valence-electron chi connectivity index (χ4n) is 1.69. The van der Waals surface area contributed by atoms with Gasteiger partial charge in [-0.2, -0.15) is 4.39 Å². The Kier molecular flexibility index (Phi) is 3.52. The Morgan fingerprint density at radius 3 is 2.78 bits per heavy atom. The molecule has 7 heteroatoms. The van der Waals surface area contributed by atoms with Gasteiger partial charge in [-0.15, -0.1) is 0 Å². The summed E-state index contributed by atoms with van der Waals surface area (Å²) in [4.78, 5) is 26.7. The van der Waals surface area contributed by atoms with Crippen LogP contribution in [0.2, 0.25) is 0 Å². The highest BCUT2D eigenvalue weighted by molar-refractivity contribution is 5.93. The number of nitrogens with zero attached hydrogens (tertiary/aromatic N) is 2. The molecule has 1 fully saturated rings. The van der Waals surface area contributed by atoms with Crippen LogP contribution in [0.15, 0.2) is 18.2 Å². The first-order valence-electron chi connectivity index (χ1n) is 5.48. The lowest BCUT2D eigenvalue weighted by Gasteiger charge is -2.25. The number of carbonyl (C=O) groups is 1. The topological polar surface area (TPSA) is 72.7 Å². The molecule has 18 heavy (non-hydrogen) atoms. The fraction of sp³-hybridized carbons (Fsp3) is 0.364. The molecular formula is C11H11FN2O4. The molecule has 1 amide bonds. The number of halogens is 1. The summed E-state index contributed by atoms with van der Waals surface area (Å²) in [5.41, 5.74) is -0.605. The molecule has 0 bridgehead atoms. The molecule has 1 saturated heterocycles. The average molecular weight is 254 g/mol. The van der Waals surface area contributed by atoms with Gasteiger partial charge in [-0.3, -0.25) is 19.7 Å². The molecule has 96 valence electrons. The van der Waals surface area contributed by atoms with Crippen molar-refractivity contribution in [2.75, 3.05) is 13.2 Å². The van der Waals surface area contributed by atoms with Crippen molar-refractivity contribution >= 4 is 11.6 Å². The summed E-state index contributed by atoms with van der Waals surface area (Å²) >= 11 is 0. The van der Waals surface area contributed by atoms with E-state index in [0.717, 1.165) is 30.0 Å². The molecular weight excluding hydrogens is 243 g/mol. The first kappa shape index (κ1) is 12.4. The standard InChI is InChI=1S/C11H11FN2O4/c12-9-7-8(3-4-10(9)14(16)17)11(15)13-5-1-2-6-18-13/h3-4,7H,1-2,5-6H2. The maximum atomic E-state index is 13.4. The number of hydroxylamine groups is 2. The van der Waals surface area contributed by atoms with Gasteiger partial charge in [0.1, 0.15) is 0 Å². The molecule has 0 radical (unpaired) electrons. The van der Waals surface area contributed by atoms with Gasteiger partial charge in [-0.1, -0.05) is 0 Å². The third-order valence-electron chi connectivity index (χ3n) is 2.62. The second-order valence-corrected chi connectivity index (χ2v) is 3.87. The summed E-state index contributed by atoms with van der Waals surface area (Å²) in [7, 11) is 0. The van der Waals surface area contributed by atoms with Crippen LogP contribution in [0.3, 0.4) is 0 Å². The molecule has 0 atom stereocenters. The molecule has 1 aromatic carbocycles. The van der Waals surface area contributed by atoms with Crippen molar-refractivity contribution in [2.24, 2.45) is 0 Å². The number of hydrogen-bond acceptors (Lipinski definition) is 4. The van der Waals surface area contributed by atoms with Crippen molar-refractivity contribution < 1.29 is 18.9 Å². The number of hydrogen-bond donors (Lipinski definition) is 0. The minimum absolute atomic E-state index is 0.0417. The minimum Gasteiger partial charge on any atom is -0.271 e. The van der Waals surface area contributed by atoms with E-state index in [4.69, 9.17) is 4.84 Å². The van der Waals surface area contributed by atoms with Crippen molar-refractivity contribution in [3.63, 3.8) is 0 Å². The van der Waals surface area contributed by atoms with Crippen LogP contribution in [-0.4, -0.2) is 29.0 Å². The molecule has 1 aliphatic heterocycles. The average Bonchev–Trinajstić information content (AvgIpc) is 2.38. The van der Waals surface area contributed by atoms with Gasteiger partial charge in [0.05, 0.1) is 11.5 Å². The largest absolute Gasteiger partial charge is 0.304 e. The highest BCUT2D eigenvalue weighted by Gasteiger charge is 2.22. The summed E-state index contributed by atoms with van der Waals surface area (Å²) in [6.07, 6.45) is 1.69. The zero-order valence-electron chi connectivity index (χ0n) is 9.47. The van der Waals surface area contributed by atoms with Crippen LogP contribution in [0.25, 0.3) is 0 Å². The Morgan fingerprint density at radius 1 is 1.44 bits per heavy atom. The van der Waals surface area contributed by atoms with E-state index >= 15 is 0 Å². The van der Waals surface area contributed by atoms with E-state index in [9.17, 15) is 19.3 Å². The lowest BCUT2D eigenvalue weighted by atomic mass is 10.1. The summed E-state index contributed by atoms with van der Waals surface area (Å²) < 4.78 is 13.4. The van der Waals surface area contributed by atoms with Crippen LogP contribution in [0, 0.1) is 15.9 Å². The molecule has 0 aliphatic carbocycles. The van der Waals surface area contributed by atoms with Gasteiger partial charge in [0, 0.05) is 18.2 Å². The molecule has 1 aliphatic rings. The van der Waals surface area contributed by atoms with E-state index in [0.29, 0.717) is 13.2 Å². The summed E-state index contributed by atoms with van der Waals surface area (Å²) in [5.74, 6) is -1.51. The molecule has 0 saturated carbocycles. The molecule has 2 rings (SSSR count). The molecule has 6 nitrogen and oxygen atoms in total. The van der Waals surface area contributed by atoms with Gasteiger partial charge in [0.25, 0.3) is 5.91 Å². The van der Waals surface area contributed by atoms with Gasteiger partial charge in [-0.25, -0.2) is 5.06 Å². The highest BCUT2D eigenvalue weighted by Crippen LogP contribution is 2.20. The zero-order valence-corrected chi connectivity index (χ0v) is 9.47. The maximum absolute atomic E-state index is 13.4. The number of amides is 1. The predicted octanol–water partition coefficient (Wildman–Crippen LogP) is 1.90. The van der Waals surface area contributed by atoms with Gasteiger partial charge < -0.3 is 0 Å². The van der Waals surface area contributed by atoms with E-state index in [1.54, 1.807) is 0 Å². The Balaban J connectivity index is 2.20. The Hall–Kier alpha value is -2.02. The third-order valence-corrected chi connectivity index (χ3v) is 2.62. The Labute approximate surface area is 102 Å². The van der Waals surface area contributed by atoms with Crippen molar-refractivity contribution in [2.45, 2.75) is 12.8 Å². The quantitative estimate of drug-likeness (QED) is 0.596. The second kappa shape index (κ2) is 5.09. The summed E-state index contributed by atoms with van der Waals surface area (Å²) in [6, 6.07) is 3.06. The van der Waals surface area contributed by atoms with E-state index in [2.05, 4.69) is 0 Å². The van der Waals surface area contributed by atoms with Gasteiger partial charge >= 0.3 is 5.69 Å². The first-order valence-corrected chi connectivity index (χ1v) is 5.48. The summed E-state index contributed by atoms with van der Waals surface area (Å²) in [5, 5.41) is 11.6. The summed E-state index contributed by atoms with van der Waals surface area (Å²) in [6.45, 7) is 0.888. The van der Waals surface area contributed by atoms with Crippen LogP contribution >= 0.6 is 0 Å². The van der Waals surface area contributed by atoms with Gasteiger partial charge in [-0.05, 0) is 25.0 Å². The predicted molar refractivity (Wildman–Crippen MR) is 59.3 cm³/mol. The van der Waals surface area contributed by atoms with Crippen molar-refractivity contribution in [1.29, 1.82) is 0 Å². The number of carbonyl (C=O) groups excluding carboxylic acids is 1. The van der Waals surface area contributed by atoms with Crippen LogP contribution in [0.5, 0.6) is 0 Å². The lowest BCUT2D eigenvalue weighted by molar-refractivity contribution is -0.387. The SMILES string of the molecule is O=C(c1ccc([N+](=O)[O-])c(F)c1)N1CCCCO1. The van der Waals surface area contributed by atoms with Crippen LogP contribution in [0.4, 0.5) is 10.1 Å². The van der Waals surface area contributed by atoms with E-state index in [-0.39, 0.29) is 5.56 Å². The van der Waals surface area contributed by atoms with Crippen molar-refractivity contribution in [3.8, 4) is 0 Å². The normalized spacial score (nSPS) is 15.5. The van der Waals surface area contributed by atoms with Crippen LogP contribution in [-0.2, 0) is 4.84 Å². The molecule has 0 spiro atoms. The fourth-order valence-corrected chi connectivity index (χ4v) is 1.69. The van der Waals surface area contributed by atoms with Gasteiger partial charge in [0.2, 0.25) is 5.82 Å². The molecule has 0 N–H and O–H groups in total. The first-order chi connectivity index (χ1) is 8.59. The smallest absolute Gasteiger partial charge is 0.271 e. The highest BCUT2D eigenvalue weighted by atomic mass is 19.1. The number of benzene rings is 1. The lowest BCUT2D eigenvalue weighted by Crippen LogP contribution is -2.35. The number of rotatable bonds is 2. The monoisotopic (exact) mass is 254 g/mol. The zero-order chi connectivity index (χ0) is 13.1. The molecule has 0 aromatic heterocycles. The van der Waals surface area contributed by atoms with Gasteiger partial charge in [0.15, 0.2) is 0 Å². The Bertz CT molecular complexity index is 486.